The number of alkyl halides is 3. The number of carbonyl (C=O) groups excluding carboxylic acids is 1. The number of anilines is 1. The summed E-state index contributed by atoms with van der Waals surface area (Å²) in [5.41, 5.74) is 3.21. The molecule has 54 heavy (non-hydrogen) atoms. The van der Waals surface area contributed by atoms with Crippen LogP contribution in [0.4, 0.5) is 23.4 Å². The Morgan fingerprint density at radius 1 is 1.09 bits per heavy atom. The number of β-amino-alcohol motifs (C(OH)–C–C–N with tert-alkyl or cyclic N) is 1. The van der Waals surface area contributed by atoms with Crippen LogP contribution in [0.2, 0.25) is 5.02 Å². The molecule has 284 valence electrons. The van der Waals surface area contributed by atoms with Crippen molar-refractivity contribution in [3.8, 4) is 28.5 Å². The molecule has 1 saturated heterocycles. The molecule has 0 saturated carbocycles. The molecule has 3 aromatic carbocycles. The quantitative estimate of drug-likeness (QED) is 0.0887. The van der Waals surface area contributed by atoms with Crippen LogP contribution in [0.3, 0.4) is 0 Å². The van der Waals surface area contributed by atoms with Crippen LogP contribution in [0, 0.1) is 5.82 Å². The number of carbonyl (C=O) groups is 1. The van der Waals surface area contributed by atoms with Crippen LogP contribution in [0.15, 0.2) is 52.9 Å². The summed E-state index contributed by atoms with van der Waals surface area (Å²) in [7, 11) is 1.33. The highest BCUT2D eigenvalue weighted by molar-refractivity contribution is 6.36. The summed E-state index contributed by atoms with van der Waals surface area (Å²) in [5.74, 6) is -1.39. The van der Waals surface area contributed by atoms with Gasteiger partial charge in [-0.15, -0.1) is 0 Å². The van der Waals surface area contributed by atoms with E-state index in [9.17, 15) is 23.1 Å². The molecule has 11 nitrogen and oxygen atoms in total. The minimum Gasteiger partial charge on any atom is -0.480 e. The summed E-state index contributed by atoms with van der Waals surface area (Å²) in [6.45, 7) is 3.05. The van der Waals surface area contributed by atoms with Crippen LogP contribution in [-0.4, -0.2) is 70.4 Å². The van der Waals surface area contributed by atoms with Gasteiger partial charge in [-0.25, -0.2) is 14.4 Å². The highest BCUT2D eigenvalue weighted by Gasteiger charge is 2.40. The van der Waals surface area contributed by atoms with E-state index in [0.29, 0.717) is 54.1 Å². The van der Waals surface area contributed by atoms with E-state index < -0.39 is 41.6 Å². The molecule has 1 aliphatic carbocycles. The first-order valence-corrected chi connectivity index (χ1v) is 17.9. The SMILES string of the molecule is CCOC(=O)CNCc1cc(F)c2oc(-c3cccc(-c4cccc5c4CC[C@H]5Nc4nc(OC)c(CN5CC[C@@H](O)C5)nc4C(F)(F)F)c3Cl)nc2c1. The van der Waals surface area contributed by atoms with Crippen LogP contribution in [0.1, 0.15) is 53.9 Å². The molecule has 0 radical (unpaired) electrons. The second kappa shape index (κ2) is 15.5. The highest BCUT2D eigenvalue weighted by Crippen LogP contribution is 2.45. The Kier molecular flexibility index (Phi) is 10.8. The number of benzene rings is 3. The number of aliphatic hydroxyl groups excluding tert-OH is 1. The van der Waals surface area contributed by atoms with Crippen molar-refractivity contribution in [2.75, 3.05) is 38.7 Å². The van der Waals surface area contributed by atoms with Gasteiger partial charge in [0.15, 0.2) is 22.9 Å². The summed E-state index contributed by atoms with van der Waals surface area (Å²) in [4.78, 5) is 26.3. The Labute approximate surface area is 312 Å². The van der Waals surface area contributed by atoms with Gasteiger partial charge in [0.1, 0.15) is 11.2 Å². The zero-order chi connectivity index (χ0) is 38.1. The summed E-state index contributed by atoms with van der Waals surface area (Å²) >= 11 is 7.02. The number of aromatic nitrogens is 3. The molecular formula is C38H37ClF4N6O5. The maximum absolute atomic E-state index is 15.1. The Hall–Kier alpha value is -4.83. The van der Waals surface area contributed by atoms with Crippen LogP contribution in [0.5, 0.6) is 5.88 Å². The molecule has 5 aromatic rings. The van der Waals surface area contributed by atoms with Gasteiger partial charge in [0.05, 0.1) is 43.0 Å². The van der Waals surface area contributed by atoms with Crippen molar-refractivity contribution >= 4 is 34.5 Å². The molecule has 16 heteroatoms. The zero-order valence-corrected chi connectivity index (χ0v) is 30.2. The molecule has 2 atom stereocenters. The molecule has 2 aromatic heterocycles. The number of ether oxygens (including phenoxy) is 2. The standard InChI is InChI=1S/C38H37ClF4N6O5/c1-3-53-31(51)17-44-16-20-14-27(40)33-29(15-20)47-36(54-33)26-9-5-8-25(32(26)39)22-6-4-7-24-23(22)10-11-28(24)46-35-34(38(41,42)43)45-30(37(48-35)52-2)19-49-13-12-21(50)18-49/h4-9,14-15,21,28,44,50H,3,10-13,16-19H2,1-2H3,(H,46,48)/t21-,28-/m1/s1. The zero-order valence-electron chi connectivity index (χ0n) is 29.4. The third-order valence-electron chi connectivity index (χ3n) is 9.52. The minimum absolute atomic E-state index is 0.0246. The number of nitrogens with one attached hydrogen (secondary N) is 2. The number of hydrogen-bond acceptors (Lipinski definition) is 11. The number of hydrogen-bond donors (Lipinski definition) is 3. The third kappa shape index (κ3) is 7.71. The van der Waals surface area contributed by atoms with Gasteiger partial charge < -0.3 is 29.6 Å². The predicted octanol–water partition coefficient (Wildman–Crippen LogP) is 7.09. The molecule has 1 fully saturated rings. The summed E-state index contributed by atoms with van der Waals surface area (Å²) in [6, 6.07) is 13.3. The van der Waals surface area contributed by atoms with E-state index in [1.54, 1.807) is 25.1 Å². The molecule has 7 rings (SSSR count). The molecular weight excluding hydrogens is 732 g/mol. The van der Waals surface area contributed by atoms with Crippen LogP contribution >= 0.6 is 11.6 Å². The van der Waals surface area contributed by atoms with E-state index in [2.05, 4.69) is 25.6 Å². The van der Waals surface area contributed by atoms with Gasteiger partial charge in [0.2, 0.25) is 11.8 Å². The molecule has 0 bridgehead atoms. The number of esters is 1. The van der Waals surface area contributed by atoms with Gasteiger partial charge in [-0.05, 0) is 66.6 Å². The summed E-state index contributed by atoms with van der Waals surface area (Å²) < 4.78 is 74.6. The average molecular weight is 769 g/mol. The average Bonchev–Trinajstić information content (AvgIpc) is 3.87. The lowest BCUT2D eigenvalue weighted by atomic mass is 9.95. The summed E-state index contributed by atoms with van der Waals surface area (Å²) in [6.07, 6.45) is -3.81. The van der Waals surface area contributed by atoms with Gasteiger partial charge in [-0.1, -0.05) is 41.9 Å². The maximum Gasteiger partial charge on any atom is 0.437 e. The van der Waals surface area contributed by atoms with Crippen molar-refractivity contribution in [1.29, 1.82) is 0 Å². The lowest BCUT2D eigenvalue weighted by molar-refractivity contribution is -0.142. The monoisotopic (exact) mass is 768 g/mol. The number of methoxy groups -OCH3 is 1. The van der Waals surface area contributed by atoms with Crippen molar-refractivity contribution < 1.29 is 41.4 Å². The first-order chi connectivity index (χ1) is 25.9. The Balaban J connectivity index is 1.16. The fourth-order valence-electron chi connectivity index (χ4n) is 7.10. The molecule has 2 aliphatic rings. The number of nitrogens with zero attached hydrogens (tertiary/aromatic N) is 4. The smallest absolute Gasteiger partial charge is 0.437 e. The Morgan fingerprint density at radius 3 is 2.61 bits per heavy atom. The maximum atomic E-state index is 15.1. The molecule has 3 N–H and O–H groups in total. The molecule has 0 amide bonds. The van der Waals surface area contributed by atoms with Crippen molar-refractivity contribution in [3.63, 3.8) is 0 Å². The van der Waals surface area contributed by atoms with Crippen molar-refractivity contribution in [2.24, 2.45) is 0 Å². The van der Waals surface area contributed by atoms with Gasteiger partial charge in [0.25, 0.3) is 0 Å². The number of fused-ring (bicyclic) bond motifs is 2. The van der Waals surface area contributed by atoms with Gasteiger partial charge in [-0.3, -0.25) is 9.69 Å². The van der Waals surface area contributed by atoms with E-state index in [1.807, 2.05) is 29.2 Å². The largest absolute Gasteiger partial charge is 0.480 e. The highest BCUT2D eigenvalue weighted by atomic mass is 35.5. The number of halogens is 5. The second-order valence-electron chi connectivity index (χ2n) is 13.2. The third-order valence-corrected chi connectivity index (χ3v) is 9.93. The Bertz CT molecular complexity index is 2200. The fourth-order valence-corrected chi connectivity index (χ4v) is 7.41. The normalized spacial score (nSPS) is 17.3. The Morgan fingerprint density at radius 2 is 1.87 bits per heavy atom. The topological polar surface area (TPSA) is 135 Å². The van der Waals surface area contributed by atoms with Gasteiger partial charge in [-0.2, -0.15) is 18.2 Å². The van der Waals surface area contributed by atoms with Gasteiger partial charge in [0, 0.05) is 31.7 Å². The molecule has 3 heterocycles. The summed E-state index contributed by atoms with van der Waals surface area (Å²) in [5, 5.41) is 16.1. The van der Waals surface area contributed by atoms with E-state index in [4.69, 9.17) is 25.5 Å². The van der Waals surface area contributed by atoms with Crippen molar-refractivity contribution in [3.05, 3.63) is 87.4 Å². The predicted molar refractivity (Wildman–Crippen MR) is 192 cm³/mol. The van der Waals surface area contributed by atoms with Crippen LogP contribution < -0.4 is 15.4 Å². The number of oxazole rings is 1. The van der Waals surface area contributed by atoms with E-state index >= 15 is 4.39 Å². The van der Waals surface area contributed by atoms with E-state index in [-0.39, 0.29) is 54.8 Å². The van der Waals surface area contributed by atoms with Crippen LogP contribution in [-0.2, 0) is 35.2 Å². The second-order valence-corrected chi connectivity index (χ2v) is 13.6. The molecule has 1 aliphatic heterocycles. The first kappa shape index (κ1) is 37.5. The van der Waals surface area contributed by atoms with E-state index in [1.165, 1.54) is 13.2 Å². The van der Waals surface area contributed by atoms with Crippen molar-refractivity contribution in [1.82, 2.24) is 25.2 Å². The fraction of sp³-hybridized carbons (Fsp3) is 0.368. The lowest BCUT2D eigenvalue weighted by Crippen LogP contribution is -2.25. The number of rotatable bonds is 12. The van der Waals surface area contributed by atoms with Crippen molar-refractivity contribution in [2.45, 2.75) is 57.6 Å². The number of likely N-dealkylation sites (tertiary alicyclic amines) is 1. The molecule has 0 unspecified atom stereocenters. The van der Waals surface area contributed by atoms with E-state index in [0.717, 1.165) is 16.7 Å². The number of aliphatic hydroxyl groups is 1. The first-order valence-electron chi connectivity index (χ1n) is 17.5. The minimum atomic E-state index is -4.80. The van der Waals surface area contributed by atoms with Crippen LogP contribution in [0.25, 0.3) is 33.7 Å². The lowest BCUT2D eigenvalue weighted by Gasteiger charge is -2.22. The molecule has 0 spiro atoms. The van der Waals surface area contributed by atoms with Gasteiger partial charge >= 0.3 is 12.1 Å².